The molecular formula is C49H54N8O9. The van der Waals surface area contributed by atoms with Crippen LogP contribution in [0.5, 0.6) is 17.2 Å². The van der Waals surface area contributed by atoms with Crippen LogP contribution >= 0.6 is 0 Å². The average Bonchev–Trinajstić information content (AvgIpc) is 3.87. The fourth-order valence-corrected chi connectivity index (χ4v) is 9.54. The molecule has 1 amide bonds. The van der Waals surface area contributed by atoms with Crippen LogP contribution in [0.3, 0.4) is 0 Å². The van der Waals surface area contributed by atoms with Gasteiger partial charge in [0.2, 0.25) is 0 Å². The second-order valence-electron chi connectivity index (χ2n) is 17.8. The highest BCUT2D eigenvalue weighted by molar-refractivity contribution is 5.90. The van der Waals surface area contributed by atoms with Crippen LogP contribution in [0.2, 0.25) is 0 Å². The lowest BCUT2D eigenvalue weighted by Crippen LogP contribution is -2.46. The van der Waals surface area contributed by atoms with Crippen LogP contribution in [-0.4, -0.2) is 113 Å². The summed E-state index contributed by atoms with van der Waals surface area (Å²) in [4.78, 5) is 63.8. The fourth-order valence-electron chi connectivity index (χ4n) is 9.54. The van der Waals surface area contributed by atoms with Gasteiger partial charge in [-0.3, -0.25) is 9.69 Å². The van der Waals surface area contributed by atoms with E-state index in [1.54, 1.807) is 47.7 Å². The van der Waals surface area contributed by atoms with Gasteiger partial charge in [0.15, 0.2) is 11.4 Å². The highest BCUT2D eigenvalue weighted by Gasteiger charge is 2.45. The summed E-state index contributed by atoms with van der Waals surface area (Å²) < 4.78 is 14.1. The minimum atomic E-state index is -1.90. The number of pyridine rings is 2. The molecule has 3 aliphatic rings. The number of amides is 1. The Balaban J connectivity index is 0.777. The average molecular weight is 899 g/mol. The van der Waals surface area contributed by atoms with E-state index < -0.39 is 23.4 Å². The summed E-state index contributed by atoms with van der Waals surface area (Å²) >= 11 is 0. The van der Waals surface area contributed by atoms with Crippen molar-refractivity contribution in [2.75, 3.05) is 46.3 Å². The summed E-state index contributed by atoms with van der Waals surface area (Å²) in [5, 5.41) is 39.8. The molecule has 3 aliphatic heterocycles. The minimum Gasteiger partial charge on any atom is -0.508 e. The van der Waals surface area contributed by atoms with E-state index in [-0.39, 0.29) is 59.5 Å². The Kier molecular flexibility index (Phi) is 11.8. The van der Waals surface area contributed by atoms with Crippen LogP contribution in [0, 0.1) is 0 Å². The van der Waals surface area contributed by atoms with Gasteiger partial charge in [-0.25, -0.2) is 29.0 Å². The Morgan fingerprint density at radius 1 is 0.955 bits per heavy atom. The Labute approximate surface area is 380 Å². The van der Waals surface area contributed by atoms with E-state index in [4.69, 9.17) is 14.5 Å². The highest BCUT2D eigenvalue weighted by atomic mass is 16.6. The zero-order chi connectivity index (χ0) is 46.6. The van der Waals surface area contributed by atoms with Crippen molar-refractivity contribution in [2.45, 2.75) is 78.2 Å². The van der Waals surface area contributed by atoms with Gasteiger partial charge >= 0.3 is 17.8 Å². The molecule has 1 unspecified atom stereocenters. The molecule has 17 heteroatoms. The number of benzene rings is 3. The Bertz CT molecular complexity index is 3000. The molecule has 0 bridgehead atoms. The number of esters is 1. The molecule has 344 valence electrons. The third kappa shape index (κ3) is 7.90. The predicted molar refractivity (Wildman–Crippen MR) is 246 cm³/mol. The number of piperazine rings is 1. The summed E-state index contributed by atoms with van der Waals surface area (Å²) in [6.45, 7) is 13.3. The number of carbonyl (C=O) groups is 2. The molecule has 3 aromatic heterocycles. The van der Waals surface area contributed by atoms with Crippen molar-refractivity contribution in [1.29, 1.82) is 0 Å². The van der Waals surface area contributed by atoms with Gasteiger partial charge in [0.05, 0.1) is 40.3 Å². The number of phenols is 2. The summed E-state index contributed by atoms with van der Waals surface area (Å²) in [5.41, 5.74) is 4.28. The molecule has 3 aromatic carbocycles. The number of H-pyrrole nitrogens is 1. The van der Waals surface area contributed by atoms with Crippen molar-refractivity contribution >= 4 is 23.0 Å². The zero-order valence-corrected chi connectivity index (χ0v) is 37.8. The van der Waals surface area contributed by atoms with Gasteiger partial charge in [0, 0.05) is 68.9 Å². The highest BCUT2D eigenvalue weighted by Crippen LogP contribution is 2.41. The monoisotopic (exact) mass is 898 g/mol. The first-order valence-electron chi connectivity index (χ1n) is 22.5. The maximum absolute atomic E-state index is 13.7. The number of ether oxygens (including phenoxy) is 2. The number of aromatic amines is 1. The normalized spacial score (nSPS) is 17.2. The lowest BCUT2D eigenvalue weighted by molar-refractivity contribution is -0.172. The van der Waals surface area contributed by atoms with Crippen LogP contribution in [0.1, 0.15) is 79.8 Å². The summed E-state index contributed by atoms with van der Waals surface area (Å²) in [5.74, 6) is -0.312. The number of aromatic hydroxyl groups is 2. The van der Waals surface area contributed by atoms with Crippen LogP contribution < -0.4 is 16.0 Å². The number of rotatable bonds is 12. The molecule has 1 atom stereocenters. The molecule has 0 aliphatic carbocycles. The lowest BCUT2D eigenvalue weighted by atomic mass is 9.86. The summed E-state index contributed by atoms with van der Waals surface area (Å²) in [6, 6.07) is 17.7. The molecule has 1 fully saturated rings. The molecule has 6 heterocycles. The molecule has 0 spiro atoms. The number of aromatic nitrogens is 5. The first-order chi connectivity index (χ1) is 31.7. The lowest BCUT2D eigenvalue weighted by Gasteiger charge is -2.35. The van der Waals surface area contributed by atoms with Gasteiger partial charge in [-0.05, 0) is 90.9 Å². The van der Waals surface area contributed by atoms with Crippen LogP contribution in [0.25, 0.3) is 39.4 Å². The van der Waals surface area contributed by atoms with Crippen molar-refractivity contribution in [1.82, 2.24) is 39.0 Å². The molecule has 0 saturated carbocycles. The van der Waals surface area contributed by atoms with E-state index in [9.17, 15) is 34.5 Å². The number of carbonyl (C=O) groups excluding carboxylic acids is 2. The number of nitrogens with zero attached hydrogens (tertiary/aromatic N) is 7. The third-order valence-electron chi connectivity index (χ3n) is 13.4. The smallest absolute Gasteiger partial charge is 0.414 e. The number of nitrogens with one attached hydrogen (secondary N) is 1. The SMILES string of the molecule is CCc1c2c(nc3ccc(OC(=O)N(C)CCCN4CCN(Cc5ccc(-n6c(-c7cc(C(C)C)c(O)cc7O)n[nH]c6=O)cc5)CC4)cc13)-c1cc3c(c(=O)n1C2)COC(=O)C3(O)CC. The van der Waals surface area contributed by atoms with Gasteiger partial charge in [0.1, 0.15) is 23.9 Å². The second kappa shape index (κ2) is 17.5. The Morgan fingerprint density at radius 2 is 1.70 bits per heavy atom. The summed E-state index contributed by atoms with van der Waals surface area (Å²) in [6.07, 6.45) is 1.01. The number of aliphatic hydroxyl groups is 1. The van der Waals surface area contributed by atoms with Crippen LogP contribution in [0.15, 0.2) is 70.3 Å². The second-order valence-corrected chi connectivity index (χ2v) is 17.8. The van der Waals surface area contributed by atoms with Gasteiger partial charge < -0.3 is 39.2 Å². The van der Waals surface area contributed by atoms with Gasteiger partial charge in [-0.2, -0.15) is 5.10 Å². The van der Waals surface area contributed by atoms with Crippen LogP contribution in [0.4, 0.5) is 4.79 Å². The van der Waals surface area contributed by atoms with E-state index in [0.717, 1.165) is 67.8 Å². The van der Waals surface area contributed by atoms with E-state index >= 15 is 0 Å². The molecule has 4 N–H and O–H groups in total. The van der Waals surface area contributed by atoms with E-state index in [1.807, 2.05) is 51.1 Å². The summed E-state index contributed by atoms with van der Waals surface area (Å²) in [7, 11) is 1.73. The molecule has 1 saturated heterocycles. The zero-order valence-electron chi connectivity index (χ0n) is 37.8. The van der Waals surface area contributed by atoms with E-state index in [0.29, 0.717) is 52.4 Å². The number of phenolic OH excluding ortho intramolecular Hbond substituents is 2. The fraction of sp³-hybridized carbons (Fsp3) is 0.388. The largest absolute Gasteiger partial charge is 0.508 e. The molecule has 6 aromatic rings. The third-order valence-corrected chi connectivity index (χ3v) is 13.4. The molecule has 66 heavy (non-hydrogen) atoms. The number of fused-ring (bicyclic) bond motifs is 5. The first-order valence-corrected chi connectivity index (χ1v) is 22.5. The maximum Gasteiger partial charge on any atom is 0.414 e. The first kappa shape index (κ1) is 44.4. The Morgan fingerprint density at radius 3 is 2.41 bits per heavy atom. The molecule has 17 nitrogen and oxygen atoms in total. The maximum atomic E-state index is 13.7. The minimum absolute atomic E-state index is 0.00618. The van der Waals surface area contributed by atoms with E-state index in [1.165, 1.54) is 10.6 Å². The van der Waals surface area contributed by atoms with Crippen molar-refractivity contribution in [3.8, 4) is 45.7 Å². The standard InChI is InChI=1S/C49H54N8O9/c1-6-32-34-21-31(13-14-39(34)50-43-36(32)26-56-40(43)23-38-37(45(56)60)27-65-46(61)49(38,64)7-2)66-48(63)53(5)15-8-16-54-17-19-55(20-18-54)25-29-9-11-30(12-10-29)57-44(51-52-47(57)62)35-22-33(28(3)4)41(58)24-42(35)59/h9-14,21-24,28,58-59,64H,6-8,15-20,25-27H2,1-5H3,(H,52,62). The quantitative estimate of drug-likeness (QED) is 0.114. The number of aryl methyl sites for hydroxylation is 1. The van der Waals surface area contributed by atoms with Gasteiger partial charge in [0.25, 0.3) is 5.56 Å². The number of cyclic esters (lactones) is 1. The molecular weight excluding hydrogens is 845 g/mol. The van der Waals surface area contributed by atoms with Crippen molar-refractivity contribution in [2.24, 2.45) is 0 Å². The Hall–Kier alpha value is -6.82. The van der Waals surface area contributed by atoms with Gasteiger partial charge in [-0.15, -0.1) is 0 Å². The van der Waals surface area contributed by atoms with Crippen molar-refractivity contribution in [3.63, 3.8) is 0 Å². The predicted octanol–water partition coefficient (Wildman–Crippen LogP) is 5.36. The van der Waals surface area contributed by atoms with Crippen LogP contribution in [-0.2, 0) is 41.2 Å². The van der Waals surface area contributed by atoms with Gasteiger partial charge in [-0.1, -0.05) is 39.8 Å². The topological polar surface area (TPSA) is 209 Å². The van der Waals surface area contributed by atoms with Crippen molar-refractivity contribution < 1.29 is 34.4 Å². The number of hydrogen-bond donors (Lipinski definition) is 4. The van der Waals surface area contributed by atoms with Crippen molar-refractivity contribution in [3.05, 3.63) is 115 Å². The number of hydrogen-bond acceptors (Lipinski definition) is 13. The van der Waals surface area contributed by atoms with E-state index in [2.05, 4.69) is 20.0 Å². The molecule has 9 rings (SSSR count). The molecule has 0 radical (unpaired) electrons.